The van der Waals surface area contributed by atoms with Gasteiger partial charge in [0.15, 0.2) is 5.69 Å². The molecular weight excluding hydrogens is 273 g/mol. The molecule has 0 fully saturated rings. The molecule has 3 N–H and O–H groups in total. The molecule has 0 aliphatic rings. The van der Waals surface area contributed by atoms with Gasteiger partial charge in [0, 0.05) is 6.54 Å². The minimum Gasteiger partial charge on any atom is -0.369 e. The second kappa shape index (κ2) is 5.48. The van der Waals surface area contributed by atoms with E-state index in [4.69, 9.17) is 5.14 Å². The van der Waals surface area contributed by atoms with Gasteiger partial charge in [0.1, 0.15) is 5.82 Å². The molecule has 0 aromatic carbocycles. The maximum atomic E-state index is 12.2. The zero-order valence-corrected chi connectivity index (χ0v) is 9.92. The normalized spacial score (nSPS) is 12.4. The first kappa shape index (κ1) is 14.6. The van der Waals surface area contributed by atoms with Crippen LogP contribution < -0.4 is 10.5 Å². The first-order valence-corrected chi connectivity index (χ1v) is 6.55. The summed E-state index contributed by atoms with van der Waals surface area (Å²) >= 11 is 0. The zero-order chi connectivity index (χ0) is 13.8. The first-order chi connectivity index (χ1) is 8.18. The van der Waals surface area contributed by atoms with Crippen LogP contribution in [0.25, 0.3) is 0 Å². The van der Waals surface area contributed by atoms with Gasteiger partial charge in [0.2, 0.25) is 10.0 Å². The number of nitrogens with zero attached hydrogens (tertiary/aromatic N) is 2. The van der Waals surface area contributed by atoms with Crippen molar-refractivity contribution in [3.8, 4) is 0 Å². The summed E-state index contributed by atoms with van der Waals surface area (Å²) in [6.07, 6.45) is -4.30. The molecule has 0 saturated heterocycles. The summed E-state index contributed by atoms with van der Waals surface area (Å²) in [7, 11) is -3.53. The molecule has 0 atom stereocenters. The molecular formula is C8H11F3N4O2S. The van der Waals surface area contributed by atoms with Crippen LogP contribution in [0.5, 0.6) is 0 Å². The Balaban J connectivity index is 2.45. The lowest BCUT2D eigenvalue weighted by Gasteiger charge is -2.06. The Morgan fingerprint density at radius 2 is 1.94 bits per heavy atom. The maximum absolute atomic E-state index is 12.2. The Morgan fingerprint density at radius 3 is 2.39 bits per heavy atom. The van der Waals surface area contributed by atoms with Crippen molar-refractivity contribution in [1.82, 2.24) is 10.2 Å². The number of primary sulfonamides is 1. The van der Waals surface area contributed by atoms with E-state index in [2.05, 4.69) is 15.5 Å². The number of anilines is 1. The minimum absolute atomic E-state index is 0.136. The van der Waals surface area contributed by atoms with Crippen molar-refractivity contribution in [2.45, 2.75) is 12.6 Å². The molecule has 1 aromatic rings. The van der Waals surface area contributed by atoms with Gasteiger partial charge in [-0.05, 0) is 18.6 Å². The Bertz CT molecular complexity index is 486. The molecule has 0 amide bonds. The second-order valence-corrected chi connectivity index (χ2v) is 5.18. The van der Waals surface area contributed by atoms with Crippen molar-refractivity contribution in [3.05, 3.63) is 17.8 Å². The van der Waals surface area contributed by atoms with E-state index in [0.717, 1.165) is 12.1 Å². The predicted octanol–water partition coefficient (Wildman–Crippen LogP) is 0.586. The minimum atomic E-state index is -4.53. The van der Waals surface area contributed by atoms with E-state index in [1.165, 1.54) is 0 Å². The second-order valence-electron chi connectivity index (χ2n) is 3.45. The highest BCUT2D eigenvalue weighted by atomic mass is 32.2. The van der Waals surface area contributed by atoms with Gasteiger partial charge in [-0.15, -0.1) is 10.2 Å². The average molecular weight is 284 g/mol. The lowest BCUT2D eigenvalue weighted by molar-refractivity contribution is -0.141. The van der Waals surface area contributed by atoms with Crippen LogP contribution in [0, 0.1) is 0 Å². The van der Waals surface area contributed by atoms with Gasteiger partial charge in [-0.3, -0.25) is 0 Å². The quantitative estimate of drug-likeness (QED) is 0.771. The fraction of sp³-hybridized carbons (Fsp3) is 0.500. The molecule has 0 aliphatic carbocycles. The summed E-state index contributed by atoms with van der Waals surface area (Å²) in [4.78, 5) is 0. The molecule has 18 heavy (non-hydrogen) atoms. The highest BCUT2D eigenvalue weighted by Crippen LogP contribution is 2.26. The standard InChI is InChI=1S/C8H11F3N4O2S/c9-8(10,11)6-2-3-7(15-14-6)13-4-1-5-18(12,16)17/h2-3H,1,4-5H2,(H,13,15)(H2,12,16,17). The van der Waals surface area contributed by atoms with Crippen LogP contribution in [0.15, 0.2) is 12.1 Å². The lowest BCUT2D eigenvalue weighted by Crippen LogP contribution is -2.19. The topological polar surface area (TPSA) is 98.0 Å². The van der Waals surface area contributed by atoms with Crippen molar-refractivity contribution in [1.29, 1.82) is 0 Å². The Labute approximate surface area is 101 Å². The molecule has 102 valence electrons. The fourth-order valence-corrected chi connectivity index (χ4v) is 1.61. The summed E-state index contributed by atoms with van der Waals surface area (Å²) in [6, 6.07) is 1.90. The highest BCUT2D eigenvalue weighted by Gasteiger charge is 2.32. The van der Waals surface area contributed by atoms with Gasteiger partial charge in [-0.2, -0.15) is 13.2 Å². The van der Waals surface area contributed by atoms with Crippen molar-refractivity contribution in [2.24, 2.45) is 5.14 Å². The number of sulfonamides is 1. The lowest BCUT2D eigenvalue weighted by atomic mass is 10.3. The summed E-state index contributed by atoms with van der Waals surface area (Å²) in [6.45, 7) is 0.219. The number of nitrogens with one attached hydrogen (secondary N) is 1. The number of rotatable bonds is 5. The number of hydrogen-bond donors (Lipinski definition) is 2. The molecule has 0 bridgehead atoms. The number of aromatic nitrogens is 2. The molecule has 6 nitrogen and oxygen atoms in total. The van der Waals surface area contributed by atoms with E-state index in [9.17, 15) is 21.6 Å². The van der Waals surface area contributed by atoms with Crippen LogP contribution in [0.2, 0.25) is 0 Å². The largest absolute Gasteiger partial charge is 0.435 e. The average Bonchev–Trinajstić information content (AvgIpc) is 2.22. The van der Waals surface area contributed by atoms with E-state index < -0.39 is 21.9 Å². The van der Waals surface area contributed by atoms with Gasteiger partial charge in [0.05, 0.1) is 5.75 Å². The van der Waals surface area contributed by atoms with Gasteiger partial charge in [-0.1, -0.05) is 0 Å². The van der Waals surface area contributed by atoms with Gasteiger partial charge < -0.3 is 5.32 Å². The number of halogens is 3. The van der Waals surface area contributed by atoms with Crippen LogP contribution in [0.1, 0.15) is 12.1 Å². The molecule has 0 radical (unpaired) electrons. The molecule has 0 aliphatic heterocycles. The number of alkyl halides is 3. The van der Waals surface area contributed by atoms with Gasteiger partial charge >= 0.3 is 6.18 Å². The van der Waals surface area contributed by atoms with Crippen LogP contribution in [-0.4, -0.2) is 30.9 Å². The molecule has 0 saturated carbocycles. The van der Waals surface area contributed by atoms with Crippen molar-refractivity contribution >= 4 is 15.8 Å². The Kier molecular flexibility index (Phi) is 4.46. The van der Waals surface area contributed by atoms with E-state index in [0.29, 0.717) is 0 Å². The molecule has 10 heteroatoms. The summed E-state index contributed by atoms with van der Waals surface area (Å²) < 4.78 is 57.7. The first-order valence-electron chi connectivity index (χ1n) is 4.84. The van der Waals surface area contributed by atoms with Gasteiger partial charge in [-0.25, -0.2) is 13.6 Å². The smallest absolute Gasteiger partial charge is 0.369 e. The predicted molar refractivity (Wildman–Crippen MR) is 58.1 cm³/mol. The molecule has 0 spiro atoms. The third kappa shape index (κ3) is 5.27. The van der Waals surface area contributed by atoms with Crippen molar-refractivity contribution in [2.75, 3.05) is 17.6 Å². The third-order valence-electron chi connectivity index (χ3n) is 1.87. The third-order valence-corrected chi connectivity index (χ3v) is 2.72. The highest BCUT2D eigenvalue weighted by molar-refractivity contribution is 7.89. The molecule has 1 rings (SSSR count). The summed E-state index contributed by atoms with van der Waals surface area (Å²) in [5.74, 6) is -0.0777. The van der Waals surface area contributed by atoms with Crippen LogP contribution in [-0.2, 0) is 16.2 Å². The SMILES string of the molecule is NS(=O)(=O)CCCNc1ccc(C(F)(F)F)nn1. The monoisotopic (exact) mass is 284 g/mol. The fourth-order valence-electron chi connectivity index (χ4n) is 1.07. The summed E-state index contributed by atoms with van der Waals surface area (Å²) in [5, 5.41) is 13.7. The molecule has 1 aromatic heterocycles. The van der Waals surface area contributed by atoms with E-state index in [1.807, 2.05) is 0 Å². The van der Waals surface area contributed by atoms with Gasteiger partial charge in [0.25, 0.3) is 0 Å². The number of nitrogens with two attached hydrogens (primary N) is 1. The molecule has 1 heterocycles. The Hall–Kier alpha value is -1.42. The molecule has 0 unspecified atom stereocenters. The van der Waals surface area contributed by atoms with Crippen LogP contribution in [0.4, 0.5) is 19.0 Å². The maximum Gasteiger partial charge on any atom is 0.435 e. The van der Waals surface area contributed by atoms with Crippen LogP contribution in [0.3, 0.4) is 0 Å². The van der Waals surface area contributed by atoms with Crippen LogP contribution >= 0.6 is 0 Å². The van der Waals surface area contributed by atoms with Crippen molar-refractivity contribution < 1.29 is 21.6 Å². The number of hydrogen-bond acceptors (Lipinski definition) is 5. The summed E-state index contributed by atoms with van der Waals surface area (Å²) in [5.41, 5.74) is -1.09. The zero-order valence-electron chi connectivity index (χ0n) is 9.11. The van der Waals surface area contributed by atoms with E-state index >= 15 is 0 Å². The van der Waals surface area contributed by atoms with Crippen molar-refractivity contribution in [3.63, 3.8) is 0 Å². The Morgan fingerprint density at radius 1 is 1.28 bits per heavy atom. The van der Waals surface area contributed by atoms with E-state index in [1.54, 1.807) is 0 Å². The van der Waals surface area contributed by atoms with E-state index in [-0.39, 0.29) is 24.5 Å².